The van der Waals surface area contributed by atoms with Crippen LogP contribution in [0.1, 0.15) is 27.9 Å². The van der Waals surface area contributed by atoms with Crippen LogP contribution in [0.15, 0.2) is 18.2 Å². The van der Waals surface area contributed by atoms with E-state index in [2.05, 4.69) is 10.6 Å². The molecule has 0 radical (unpaired) electrons. The molecule has 0 aliphatic carbocycles. The first-order valence-electron chi connectivity index (χ1n) is 6.88. The van der Waals surface area contributed by atoms with Gasteiger partial charge >= 0.3 is 0 Å². The topological polar surface area (TPSA) is 75.3 Å². The highest BCUT2D eigenvalue weighted by Crippen LogP contribution is 2.19. The van der Waals surface area contributed by atoms with E-state index >= 15 is 0 Å². The second-order valence-corrected chi connectivity index (χ2v) is 7.67. The molecule has 0 bridgehead atoms. The molecule has 0 spiro atoms. The van der Waals surface area contributed by atoms with Gasteiger partial charge in [-0.15, -0.1) is 0 Å². The Kier molecular flexibility index (Phi) is 3.52. The molecule has 1 unspecified atom stereocenters. The lowest BCUT2D eigenvalue weighted by Gasteiger charge is -2.20. The highest BCUT2D eigenvalue weighted by Gasteiger charge is 2.29. The average molecular weight is 294 g/mol. The molecule has 2 heterocycles. The fourth-order valence-electron chi connectivity index (χ4n) is 2.92. The maximum Gasteiger partial charge on any atom is 0.251 e. The van der Waals surface area contributed by atoms with Crippen molar-refractivity contribution in [3.8, 4) is 0 Å². The lowest BCUT2D eigenvalue weighted by molar-refractivity contribution is 0.0940. The van der Waals surface area contributed by atoms with E-state index in [4.69, 9.17) is 0 Å². The van der Waals surface area contributed by atoms with E-state index in [0.29, 0.717) is 12.0 Å². The number of rotatable bonds is 2. The van der Waals surface area contributed by atoms with Crippen LogP contribution in [-0.2, 0) is 22.8 Å². The van der Waals surface area contributed by atoms with Crippen molar-refractivity contribution in [2.45, 2.75) is 25.4 Å². The maximum atomic E-state index is 12.4. The number of carbonyl (C=O) groups excluding carboxylic acids is 1. The SMILES string of the molecule is O=C(NC1CCS(=O)(=O)C1)c1cccc2c1CCNC2. The summed E-state index contributed by atoms with van der Waals surface area (Å²) in [5.74, 6) is 0.0928. The molecule has 1 aromatic rings. The standard InChI is InChI=1S/C14H18N2O3S/c17-14(16-11-5-7-20(18,19)9-11)13-3-1-2-10-8-15-6-4-12(10)13/h1-3,11,15H,4-9H2,(H,16,17). The third-order valence-corrected chi connectivity index (χ3v) is 5.72. The summed E-state index contributed by atoms with van der Waals surface area (Å²) >= 11 is 0. The van der Waals surface area contributed by atoms with Crippen molar-refractivity contribution < 1.29 is 13.2 Å². The lowest BCUT2D eigenvalue weighted by atomic mass is 9.95. The predicted molar refractivity (Wildman–Crippen MR) is 76.4 cm³/mol. The minimum absolute atomic E-state index is 0.0648. The summed E-state index contributed by atoms with van der Waals surface area (Å²) in [7, 11) is -2.97. The molecule has 0 aromatic heterocycles. The molecule has 6 heteroatoms. The Morgan fingerprint density at radius 3 is 2.95 bits per heavy atom. The van der Waals surface area contributed by atoms with Gasteiger partial charge in [0.2, 0.25) is 0 Å². The molecule has 2 aliphatic rings. The number of nitrogens with one attached hydrogen (secondary N) is 2. The van der Waals surface area contributed by atoms with Crippen molar-refractivity contribution >= 4 is 15.7 Å². The summed E-state index contributed by atoms with van der Waals surface area (Å²) in [5.41, 5.74) is 2.93. The zero-order valence-corrected chi connectivity index (χ0v) is 12.0. The molecule has 3 rings (SSSR count). The quantitative estimate of drug-likeness (QED) is 0.820. The van der Waals surface area contributed by atoms with Crippen LogP contribution in [-0.4, -0.2) is 38.4 Å². The van der Waals surface area contributed by atoms with Crippen molar-refractivity contribution in [2.24, 2.45) is 0 Å². The summed E-state index contributed by atoms with van der Waals surface area (Å²) < 4.78 is 22.9. The highest BCUT2D eigenvalue weighted by molar-refractivity contribution is 7.91. The molecule has 1 fully saturated rings. The van der Waals surface area contributed by atoms with Crippen LogP contribution in [0, 0.1) is 0 Å². The Morgan fingerprint density at radius 1 is 1.35 bits per heavy atom. The van der Waals surface area contributed by atoms with Crippen molar-refractivity contribution in [1.29, 1.82) is 0 Å². The van der Waals surface area contributed by atoms with Gasteiger partial charge in [-0.25, -0.2) is 8.42 Å². The van der Waals surface area contributed by atoms with E-state index in [9.17, 15) is 13.2 Å². The molecule has 1 atom stereocenters. The van der Waals surface area contributed by atoms with Gasteiger partial charge in [0.25, 0.3) is 5.91 Å². The number of fused-ring (bicyclic) bond motifs is 1. The average Bonchev–Trinajstić information content (AvgIpc) is 2.77. The smallest absolute Gasteiger partial charge is 0.251 e. The molecule has 108 valence electrons. The van der Waals surface area contributed by atoms with Crippen LogP contribution in [0.3, 0.4) is 0 Å². The van der Waals surface area contributed by atoms with Crippen molar-refractivity contribution in [3.63, 3.8) is 0 Å². The Hall–Kier alpha value is -1.40. The van der Waals surface area contributed by atoms with Gasteiger partial charge in [0, 0.05) is 18.2 Å². The number of hydrogen-bond acceptors (Lipinski definition) is 4. The zero-order valence-electron chi connectivity index (χ0n) is 11.2. The highest BCUT2D eigenvalue weighted by atomic mass is 32.2. The Morgan fingerprint density at radius 2 is 2.20 bits per heavy atom. The van der Waals surface area contributed by atoms with Crippen LogP contribution in [0.25, 0.3) is 0 Å². The number of carbonyl (C=O) groups is 1. The first-order chi connectivity index (χ1) is 9.55. The first-order valence-corrected chi connectivity index (χ1v) is 8.70. The van der Waals surface area contributed by atoms with Crippen LogP contribution < -0.4 is 10.6 Å². The molecular weight excluding hydrogens is 276 g/mol. The number of hydrogen-bond donors (Lipinski definition) is 2. The minimum atomic E-state index is -2.97. The van der Waals surface area contributed by atoms with Gasteiger partial charge in [-0.3, -0.25) is 4.79 Å². The number of sulfone groups is 1. The lowest BCUT2D eigenvalue weighted by Crippen LogP contribution is -2.37. The van der Waals surface area contributed by atoms with E-state index < -0.39 is 9.84 Å². The van der Waals surface area contributed by atoms with Crippen LogP contribution in [0.4, 0.5) is 0 Å². The largest absolute Gasteiger partial charge is 0.348 e. The van der Waals surface area contributed by atoms with E-state index in [0.717, 1.165) is 30.6 Å². The third kappa shape index (κ3) is 2.71. The van der Waals surface area contributed by atoms with Crippen molar-refractivity contribution in [2.75, 3.05) is 18.1 Å². The fraction of sp³-hybridized carbons (Fsp3) is 0.500. The normalized spacial score (nSPS) is 24.1. The van der Waals surface area contributed by atoms with Crippen LogP contribution in [0.5, 0.6) is 0 Å². The molecule has 2 N–H and O–H groups in total. The van der Waals surface area contributed by atoms with E-state index in [1.165, 1.54) is 0 Å². The second-order valence-electron chi connectivity index (χ2n) is 5.44. The van der Waals surface area contributed by atoms with Gasteiger partial charge in [-0.2, -0.15) is 0 Å². The summed E-state index contributed by atoms with van der Waals surface area (Å²) in [6, 6.07) is 5.48. The number of amides is 1. The van der Waals surface area contributed by atoms with Crippen LogP contribution in [0.2, 0.25) is 0 Å². The molecule has 1 aromatic carbocycles. The zero-order chi connectivity index (χ0) is 14.2. The first kappa shape index (κ1) is 13.6. The minimum Gasteiger partial charge on any atom is -0.348 e. The summed E-state index contributed by atoms with van der Waals surface area (Å²) in [6.45, 7) is 1.66. The number of benzene rings is 1. The molecule has 1 saturated heterocycles. The monoisotopic (exact) mass is 294 g/mol. The van der Waals surface area contributed by atoms with Gasteiger partial charge in [-0.1, -0.05) is 12.1 Å². The van der Waals surface area contributed by atoms with E-state index in [-0.39, 0.29) is 23.5 Å². The molecular formula is C14H18N2O3S. The molecule has 0 saturated carbocycles. The summed E-state index contributed by atoms with van der Waals surface area (Å²) in [6.07, 6.45) is 1.35. The van der Waals surface area contributed by atoms with Gasteiger partial charge < -0.3 is 10.6 Å². The van der Waals surface area contributed by atoms with Gasteiger partial charge in [0.05, 0.1) is 11.5 Å². The van der Waals surface area contributed by atoms with Gasteiger partial charge in [0.15, 0.2) is 9.84 Å². The van der Waals surface area contributed by atoms with Crippen LogP contribution >= 0.6 is 0 Å². The van der Waals surface area contributed by atoms with Gasteiger partial charge in [0.1, 0.15) is 0 Å². The molecule has 1 amide bonds. The Bertz CT molecular complexity index is 640. The maximum absolute atomic E-state index is 12.4. The van der Waals surface area contributed by atoms with Gasteiger partial charge in [-0.05, 0) is 36.6 Å². The fourth-order valence-corrected chi connectivity index (χ4v) is 4.59. The summed E-state index contributed by atoms with van der Waals surface area (Å²) in [5, 5.41) is 6.14. The van der Waals surface area contributed by atoms with Crippen molar-refractivity contribution in [3.05, 3.63) is 34.9 Å². The summed E-state index contributed by atoms with van der Waals surface area (Å²) in [4.78, 5) is 12.4. The molecule has 2 aliphatic heterocycles. The molecule has 20 heavy (non-hydrogen) atoms. The van der Waals surface area contributed by atoms with Crippen molar-refractivity contribution in [1.82, 2.24) is 10.6 Å². The van der Waals surface area contributed by atoms with E-state index in [1.807, 2.05) is 18.2 Å². The Labute approximate surface area is 118 Å². The molecule has 5 nitrogen and oxygen atoms in total. The third-order valence-electron chi connectivity index (χ3n) is 3.95. The van der Waals surface area contributed by atoms with E-state index in [1.54, 1.807) is 0 Å². The second kappa shape index (κ2) is 5.18. The predicted octanol–water partition coefficient (Wildman–Crippen LogP) is 0.249. The Balaban J connectivity index is 1.78.